The lowest BCUT2D eigenvalue weighted by Crippen LogP contribution is -2.13. The lowest BCUT2D eigenvalue weighted by atomic mass is 10.2. The van der Waals surface area contributed by atoms with Gasteiger partial charge in [0, 0.05) is 31.9 Å². The van der Waals surface area contributed by atoms with E-state index in [9.17, 15) is 8.78 Å². The minimum Gasteiger partial charge on any atom is -0.308 e. The first-order valence-electron chi connectivity index (χ1n) is 5.70. The Balaban J connectivity index is 1.92. The maximum absolute atomic E-state index is 13.0. The minimum absolute atomic E-state index is 0.492. The molecule has 1 aromatic heterocycles. The van der Waals surface area contributed by atoms with Crippen molar-refractivity contribution in [3.05, 3.63) is 52.9 Å². The lowest BCUT2D eigenvalue weighted by molar-refractivity contribution is 0.506. The van der Waals surface area contributed by atoms with Gasteiger partial charge >= 0.3 is 0 Å². The van der Waals surface area contributed by atoms with Crippen LogP contribution in [-0.4, -0.2) is 9.78 Å². The molecule has 2 aromatic rings. The van der Waals surface area contributed by atoms with Gasteiger partial charge < -0.3 is 5.32 Å². The summed E-state index contributed by atoms with van der Waals surface area (Å²) in [7, 11) is 1.87. The first kappa shape index (κ1) is 12.7. The molecular weight excluding hydrogens is 236 g/mol. The highest BCUT2D eigenvalue weighted by atomic mass is 19.2. The molecule has 0 fully saturated rings. The number of nitrogens with zero attached hydrogens (tertiary/aromatic N) is 2. The third-order valence-electron chi connectivity index (χ3n) is 2.74. The Morgan fingerprint density at radius 1 is 1.22 bits per heavy atom. The van der Waals surface area contributed by atoms with Crippen LogP contribution in [0.5, 0.6) is 0 Å². The fraction of sp³-hybridized carbons (Fsp3) is 0.308. The quantitative estimate of drug-likeness (QED) is 0.903. The van der Waals surface area contributed by atoms with Gasteiger partial charge in [-0.2, -0.15) is 5.10 Å². The second-order valence-corrected chi connectivity index (χ2v) is 4.27. The summed E-state index contributed by atoms with van der Waals surface area (Å²) in [6.45, 7) is 3.08. The summed E-state index contributed by atoms with van der Waals surface area (Å²) in [4.78, 5) is 0. The number of rotatable bonds is 4. The smallest absolute Gasteiger partial charge is 0.159 e. The van der Waals surface area contributed by atoms with Gasteiger partial charge in [0.25, 0.3) is 0 Å². The molecule has 3 nitrogen and oxygen atoms in total. The van der Waals surface area contributed by atoms with E-state index in [2.05, 4.69) is 10.4 Å². The number of hydrogen-bond acceptors (Lipinski definition) is 2. The highest BCUT2D eigenvalue weighted by molar-refractivity contribution is 5.18. The third-order valence-corrected chi connectivity index (χ3v) is 2.74. The van der Waals surface area contributed by atoms with Gasteiger partial charge in [0.2, 0.25) is 0 Å². The Bertz CT molecular complexity index is 549. The average molecular weight is 251 g/mol. The normalized spacial score (nSPS) is 10.9. The van der Waals surface area contributed by atoms with Crippen molar-refractivity contribution in [2.75, 3.05) is 0 Å². The zero-order valence-electron chi connectivity index (χ0n) is 10.4. The SMILES string of the molecule is Cc1nn(C)cc1CNCc1ccc(F)c(F)c1. The van der Waals surface area contributed by atoms with Crippen LogP contribution in [0.2, 0.25) is 0 Å². The molecule has 0 atom stereocenters. The molecule has 1 aromatic carbocycles. The Hall–Kier alpha value is -1.75. The molecule has 0 saturated carbocycles. The van der Waals surface area contributed by atoms with Crippen LogP contribution >= 0.6 is 0 Å². The molecule has 2 rings (SSSR count). The maximum atomic E-state index is 13.0. The van der Waals surface area contributed by atoms with Gasteiger partial charge in [0.05, 0.1) is 5.69 Å². The molecule has 0 unspecified atom stereocenters. The van der Waals surface area contributed by atoms with Gasteiger partial charge in [-0.05, 0) is 24.6 Å². The van der Waals surface area contributed by atoms with E-state index in [0.29, 0.717) is 13.1 Å². The Morgan fingerprint density at radius 3 is 2.61 bits per heavy atom. The molecule has 0 amide bonds. The molecule has 18 heavy (non-hydrogen) atoms. The minimum atomic E-state index is -0.818. The zero-order chi connectivity index (χ0) is 13.1. The molecular formula is C13H15F2N3. The van der Waals surface area contributed by atoms with Gasteiger partial charge in [-0.1, -0.05) is 6.07 Å². The molecule has 0 spiro atoms. The molecule has 0 bridgehead atoms. The predicted molar refractivity (Wildman–Crippen MR) is 64.8 cm³/mol. The van der Waals surface area contributed by atoms with Crippen LogP contribution in [0.15, 0.2) is 24.4 Å². The average Bonchev–Trinajstić information content (AvgIpc) is 2.63. The van der Waals surface area contributed by atoms with Gasteiger partial charge in [0.15, 0.2) is 11.6 Å². The number of benzene rings is 1. The van der Waals surface area contributed by atoms with Crippen molar-refractivity contribution in [3.8, 4) is 0 Å². The van der Waals surface area contributed by atoms with Crippen LogP contribution in [0.1, 0.15) is 16.8 Å². The molecule has 5 heteroatoms. The monoisotopic (exact) mass is 251 g/mol. The van der Waals surface area contributed by atoms with E-state index < -0.39 is 11.6 Å². The van der Waals surface area contributed by atoms with Crippen LogP contribution in [-0.2, 0) is 20.1 Å². The van der Waals surface area contributed by atoms with Crippen molar-refractivity contribution >= 4 is 0 Å². The summed E-state index contributed by atoms with van der Waals surface area (Å²) >= 11 is 0. The van der Waals surface area contributed by atoms with Gasteiger partial charge in [0.1, 0.15) is 0 Å². The fourth-order valence-electron chi connectivity index (χ4n) is 1.81. The Labute approximate surface area is 104 Å². The van der Waals surface area contributed by atoms with Gasteiger partial charge in [-0.3, -0.25) is 4.68 Å². The molecule has 0 aliphatic heterocycles. The van der Waals surface area contributed by atoms with Crippen molar-refractivity contribution in [2.45, 2.75) is 20.0 Å². The summed E-state index contributed by atoms with van der Waals surface area (Å²) in [6, 6.07) is 3.92. The number of halogens is 2. The third kappa shape index (κ3) is 2.92. The summed E-state index contributed by atoms with van der Waals surface area (Å²) in [6.07, 6.45) is 1.94. The first-order chi connectivity index (χ1) is 8.56. The highest BCUT2D eigenvalue weighted by Crippen LogP contribution is 2.09. The summed E-state index contributed by atoms with van der Waals surface area (Å²) in [5.41, 5.74) is 2.78. The number of hydrogen-bond donors (Lipinski definition) is 1. The van der Waals surface area contributed by atoms with Crippen molar-refractivity contribution in [2.24, 2.45) is 7.05 Å². The molecule has 0 radical (unpaired) electrons. The van der Waals surface area contributed by atoms with E-state index in [0.717, 1.165) is 22.9 Å². The van der Waals surface area contributed by atoms with E-state index in [1.165, 1.54) is 6.07 Å². The molecule has 1 N–H and O–H groups in total. The van der Waals surface area contributed by atoms with Crippen molar-refractivity contribution in [3.63, 3.8) is 0 Å². The second-order valence-electron chi connectivity index (χ2n) is 4.27. The van der Waals surface area contributed by atoms with Crippen molar-refractivity contribution < 1.29 is 8.78 Å². The van der Waals surface area contributed by atoms with Crippen LogP contribution in [0.4, 0.5) is 8.78 Å². The molecule has 0 aliphatic carbocycles. The van der Waals surface area contributed by atoms with E-state index in [1.54, 1.807) is 10.7 Å². The van der Waals surface area contributed by atoms with Crippen molar-refractivity contribution in [1.82, 2.24) is 15.1 Å². The second kappa shape index (κ2) is 5.27. The molecule has 1 heterocycles. The topological polar surface area (TPSA) is 29.9 Å². The summed E-state index contributed by atoms with van der Waals surface area (Å²) in [5, 5.41) is 7.41. The Kier molecular flexibility index (Phi) is 3.72. The van der Waals surface area contributed by atoms with Gasteiger partial charge in [-0.15, -0.1) is 0 Å². The standard InChI is InChI=1S/C13H15F2N3/c1-9-11(8-18(2)17-9)7-16-6-10-3-4-12(14)13(15)5-10/h3-5,8,16H,6-7H2,1-2H3. The van der Waals surface area contributed by atoms with Crippen LogP contribution in [0, 0.1) is 18.6 Å². The van der Waals surface area contributed by atoms with Crippen molar-refractivity contribution in [1.29, 1.82) is 0 Å². The maximum Gasteiger partial charge on any atom is 0.159 e. The number of aromatic nitrogens is 2. The van der Waals surface area contributed by atoms with Crippen LogP contribution in [0.25, 0.3) is 0 Å². The van der Waals surface area contributed by atoms with E-state index in [-0.39, 0.29) is 0 Å². The molecule has 0 saturated heterocycles. The largest absolute Gasteiger partial charge is 0.308 e. The summed E-state index contributed by atoms with van der Waals surface area (Å²) < 4.78 is 27.5. The number of aryl methyl sites for hydroxylation is 2. The van der Waals surface area contributed by atoms with E-state index in [4.69, 9.17) is 0 Å². The van der Waals surface area contributed by atoms with Gasteiger partial charge in [-0.25, -0.2) is 8.78 Å². The predicted octanol–water partition coefficient (Wildman–Crippen LogP) is 2.30. The highest BCUT2D eigenvalue weighted by Gasteiger charge is 2.04. The van der Waals surface area contributed by atoms with E-state index >= 15 is 0 Å². The Morgan fingerprint density at radius 2 is 2.00 bits per heavy atom. The number of nitrogens with one attached hydrogen (secondary N) is 1. The fourth-order valence-corrected chi connectivity index (χ4v) is 1.81. The van der Waals surface area contributed by atoms with E-state index in [1.807, 2.05) is 20.2 Å². The molecule has 96 valence electrons. The lowest BCUT2D eigenvalue weighted by Gasteiger charge is -2.04. The first-order valence-corrected chi connectivity index (χ1v) is 5.70. The zero-order valence-corrected chi connectivity index (χ0v) is 10.4. The van der Waals surface area contributed by atoms with Crippen LogP contribution in [0.3, 0.4) is 0 Å². The molecule has 0 aliphatic rings. The summed E-state index contributed by atoms with van der Waals surface area (Å²) in [5.74, 6) is -1.63. The van der Waals surface area contributed by atoms with Crippen LogP contribution < -0.4 is 5.32 Å².